The number of carboxylic acids is 2. The summed E-state index contributed by atoms with van der Waals surface area (Å²) >= 11 is 0. The van der Waals surface area contributed by atoms with Crippen LogP contribution in [0.5, 0.6) is 0 Å². The molecule has 4 N–H and O–H groups in total. The molecule has 0 rings (SSSR count). The monoisotopic (exact) mass is 316 g/mol. The standard InChI is InChI=1S/C14H24N2O6/c1-3-4-5-6-10(12(18)19)15-14(22)16-11(13(20)21)8-7-9(2)17/h10-11H,3-8H2,1-2H3,(H,18,19)(H,20,21)(H2,15,16,22). The van der Waals surface area contributed by atoms with E-state index in [4.69, 9.17) is 10.2 Å². The van der Waals surface area contributed by atoms with Crippen molar-refractivity contribution in [3.8, 4) is 0 Å². The Kier molecular flexibility index (Phi) is 9.56. The van der Waals surface area contributed by atoms with Crippen LogP contribution in [-0.2, 0) is 14.4 Å². The molecule has 0 spiro atoms. The fraction of sp³-hybridized carbons (Fsp3) is 0.714. The van der Waals surface area contributed by atoms with E-state index < -0.39 is 30.1 Å². The number of amides is 2. The Hall–Kier alpha value is -2.12. The van der Waals surface area contributed by atoms with Gasteiger partial charge in [0.1, 0.15) is 17.9 Å². The zero-order valence-electron chi connectivity index (χ0n) is 12.9. The number of hydrogen-bond donors (Lipinski definition) is 4. The Balaban J connectivity index is 4.47. The molecule has 0 aliphatic rings. The molecule has 0 aromatic rings. The third-order valence-electron chi connectivity index (χ3n) is 3.09. The molecule has 0 saturated carbocycles. The fourth-order valence-corrected chi connectivity index (χ4v) is 1.82. The number of aliphatic carboxylic acids is 2. The van der Waals surface area contributed by atoms with Crippen molar-refractivity contribution < 1.29 is 29.4 Å². The maximum Gasteiger partial charge on any atom is 0.326 e. The van der Waals surface area contributed by atoms with Crippen LogP contribution in [0.2, 0.25) is 0 Å². The van der Waals surface area contributed by atoms with Gasteiger partial charge in [0.15, 0.2) is 0 Å². The molecule has 2 atom stereocenters. The third kappa shape index (κ3) is 8.93. The van der Waals surface area contributed by atoms with Crippen molar-refractivity contribution in [1.82, 2.24) is 10.6 Å². The van der Waals surface area contributed by atoms with Crippen LogP contribution in [0.3, 0.4) is 0 Å². The molecular formula is C14H24N2O6. The predicted octanol–water partition coefficient (Wildman–Crippen LogP) is 1.14. The number of Topliss-reactive ketones (excluding diaryl/α,β-unsaturated/α-hetero) is 1. The zero-order valence-corrected chi connectivity index (χ0v) is 12.9. The highest BCUT2D eigenvalue weighted by molar-refractivity contribution is 5.86. The second kappa shape index (κ2) is 10.6. The number of hydrogen-bond acceptors (Lipinski definition) is 4. The first-order chi connectivity index (χ1) is 10.3. The number of nitrogens with one attached hydrogen (secondary N) is 2. The summed E-state index contributed by atoms with van der Waals surface area (Å²) in [5, 5.41) is 22.5. The minimum Gasteiger partial charge on any atom is -0.480 e. The van der Waals surface area contributed by atoms with Gasteiger partial charge in [-0.2, -0.15) is 0 Å². The number of ketones is 1. The minimum absolute atomic E-state index is 0.0239. The summed E-state index contributed by atoms with van der Waals surface area (Å²) < 4.78 is 0. The van der Waals surface area contributed by atoms with E-state index in [1.54, 1.807) is 0 Å². The van der Waals surface area contributed by atoms with E-state index in [-0.39, 0.29) is 25.0 Å². The molecule has 0 aromatic heterocycles. The Morgan fingerprint density at radius 3 is 1.82 bits per heavy atom. The molecule has 0 aliphatic heterocycles. The lowest BCUT2D eigenvalue weighted by Crippen LogP contribution is -2.51. The summed E-state index contributed by atoms with van der Waals surface area (Å²) in [6.07, 6.45) is 2.69. The summed E-state index contributed by atoms with van der Waals surface area (Å²) in [6.45, 7) is 3.30. The lowest BCUT2D eigenvalue weighted by molar-refractivity contribution is -0.139. The Morgan fingerprint density at radius 1 is 0.909 bits per heavy atom. The van der Waals surface area contributed by atoms with Crippen LogP contribution in [0.25, 0.3) is 0 Å². The molecule has 22 heavy (non-hydrogen) atoms. The first-order valence-corrected chi connectivity index (χ1v) is 7.30. The highest BCUT2D eigenvalue weighted by atomic mass is 16.4. The van der Waals surface area contributed by atoms with Gasteiger partial charge < -0.3 is 25.6 Å². The Morgan fingerprint density at radius 2 is 1.41 bits per heavy atom. The average molecular weight is 316 g/mol. The Bertz CT molecular complexity index is 410. The lowest BCUT2D eigenvalue weighted by atomic mass is 10.1. The van der Waals surface area contributed by atoms with Gasteiger partial charge >= 0.3 is 18.0 Å². The number of unbranched alkanes of at least 4 members (excludes halogenated alkanes) is 2. The topological polar surface area (TPSA) is 133 Å². The van der Waals surface area contributed by atoms with E-state index >= 15 is 0 Å². The molecule has 0 radical (unpaired) electrons. The second-order valence-electron chi connectivity index (χ2n) is 5.14. The number of carbonyl (C=O) groups excluding carboxylic acids is 2. The molecule has 8 nitrogen and oxygen atoms in total. The van der Waals surface area contributed by atoms with Crippen molar-refractivity contribution in [1.29, 1.82) is 0 Å². The van der Waals surface area contributed by atoms with Crippen molar-refractivity contribution in [3.05, 3.63) is 0 Å². The van der Waals surface area contributed by atoms with E-state index in [0.29, 0.717) is 6.42 Å². The van der Waals surface area contributed by atoms with Crippen LogP contribution in [0, 0.1) is 0 Å². The molecule has 2 unspecified atom stereocenters. The molecule has 0 aromatic carbocycles. The fourth-order valence-electron chi connectivity index (χ4n) is 1.82. The van der Waals surface area contributed by atoms with Crippen LogP contribution in [-0.4, -0.2) is 46.0 Å². The number of urea groups is 1. The zero-order chi connectivity index (χ0) is 17.1. The van der Waals surface area contributed by atoms with Crippen molar-refractivity contribution in [2.45, 2.75) is 64.5 Å². The second-order valence-corrected chi connectivity index (χ2v) is 5.14. The minimum atomic E-state index is -1.27. The highest BCUT2D eigenvalue weighted by Gasteiger charge is 2.24. The number of carbonyl (C=O) groups is 4. The summed E-state index contributed by atoms with van der Waals surface area (Å²) in [5.74, 6) is -2.62. The molecule has 8 heteroatoms. The molecule has 126 valence electrons. The molecule has 2 amide bonds. The van der Waals surface area contributed by atoms with Gasteiger partial charge in [0, 0.05) is 6.42 Å². The molecular weight excluding hydrogens is 292 g/mol. The van der Waals surface area contributed by atoms with Gasteiger partial charge in [-0.3, -0.25) is 0 Å². The smallest absolute Gasteiger partial charge is 0.326 e. The van der Waals surface area contributed by atoms with Gasteiger partial charge in [0.2, 0.25) is 0 Å². The number of carboxylic acid groups (broad SMARTS) is 2. The highest BCUT2D eigenvalue weighted by Crippen LogP contribution is 2.04. The van der Waals surface area contributed by atoms with Crippen LogP contribution in [0.4, 0.5) is 4.79 Å². The number of rotatable bonds is 11. The van der Waals surface area contributed by atoms with E-state index in [9.17, 15) is 19.2 Å². The van der Waals surface area contributed by atoms with Crippen LogP contribution in [0.15, 0.2) is 0 Å². The molecule has 0 bridgehead atoms. The predicted molar refractivity (Wildman–Crippen MR) is 78.6 cm³/mol. The molecule has 0 saturated heterocycles. The van der Waals surface area contributed by atoms with Gasteiger partial charge in [0.05, 0.1) is 0 Å². The normalized spacial score (nSPS) is 13.0. The Labute approximate surface area is 129 Å². The molecule has 0 heterocycles. The van der Waals surface area contributed by atoms with E-state index in [1.807, 2.05) is 6.92 Å². The quantitative estimate of drug-likeness (QED) is 0.422. The maximum absolute atomic E-state index is 11.7. The van der Waals surface area contributed by atoms with Gasteiger partial charge in [-0.05, 0) is 19.8 Å². The lowest BCUT2D eigenvalue weighted by Gasteiger charge is -2.18. The van der Waals surface area contributed by atoms with E-state index in [0.717, 1.165) is 12.8 Å². The van der Waals surface area contributed by atoms with Crippen molar-refractivity contribution in [3.63, 3.8) is 0 Å². The summed E-state index contributed by atoms with van der Waals surface area (Å²) in [5.41, 5.74) is 0. The van der Waals surface area contributed by atoms with Crippen molar-refractivity contribution >= 4 is 23.8 Å². The first-order valence-electron chi connectivity index (χ1n) is 7.30. The summed E-state index contributed by atoms with van der Waals surface area (Å²) in [7, 11) is 0. The summed E-state index contributed by atoms with van der Waals surface area (Å²) in [4.78, 5) is 44.7. The largest absolute Gasteiger partial charge is 0.480 e. The summed E-state index contributed by atoms with van der Waals surface area (Å²) in [6, 6.07) is -3.15. The van der Waals surface area contributed by atoms with E-state index in [1.165, 1.54) is 6.92 Å². The van der Waals surface area contributed by atoms with Gasteiger partial charge in [0.25, 0.3) is 0 Å². The van der Waals surface area contributed by atoms with Crippen molar-refractivity contribution in [2.24, 2.45) is 0 Å². The van der Waals surface area contributed by atoms with Gasteiger partial charge in [-0.25, -0.2) is 14.4 Å². The molecule has 0 aliphatic carbocycles. The molecule has 0 fully saturated rings. The van der Waals surface area contributed by atoms with Crippen LogP contribution < -0.4 is 10.6 Å². The average Bonchev–Trinajstić information content (AvgIpc) is 2.41. The van der Waals surface area contributed by atoms with Crippen molar-refractivity contribution in [2.75, 3.05) is 0 Å². The van der Waals surface area contributed by atoms with Gasteiger partial charge in [-0.15, -0.1) is 0 Å². The third-order valence-corrected chi connectivity index (χ3v) is 3.09. The van der Waals surface area contributed by atoms with Crippen LogP contribution >= 0.6 is 0 Å². The first kappa shape index (κ1) is 19.9. The van der Waals surface area contributed by atoms with Gasteiger partial charge in [-0.1, -0.05) is 26.2 Å². The van der Waals surface area contributed by atoms with Crippen LogP contribution in [0.1, 0.15) is 52.4 Å². The van der Waals surface area contributed by atoms with E-state index in [2.05, 4.69) is 10.6 Å². The maximum atomic E-state index is 11.7. The SMILES string of the molecule is CCCCCC(NC(=O)NC(CCC(C)=O)C(=O)O)C(=O)O.